The highest BCUT2D eigenvalue weighted by Crippen LogP contribution is 2.20. The number of carbonyl (C=O) groups is 2. The van der Waals surface area contributed by atoms with Crippen molar-refractivity contribution in [2.75, 3.05) is 17.3 Å². The van der Waals surface area contributed by atoms with Crippen LogP contribution in [0.5, 0.6) is 0 Å². The summed E-state index contributed by atoms with van der Waals surface area (Å²) in [6.07, 6.45) is 3.32. The zero-order valence-electron chi connectivity index (χ0n) is 12.4. The third-order valence-electron chi connectivity index (χ3n) is 2.83. The standard InChI is InChI=1S/C15H16ClN3O3S/c1-23-7-6-13(15(21)22)19-14(20)10(8-17)9-18-12-5-3-2-4-11(12)16/h2-5,9,13,18H,6-7H2,1H3,(H,19,20)(H,21,22)/b10-9-. The topological polar surface area (TPSA) is 102 Å². The molecule has 0 aliphatic rings. The van der Waals surface area contributed by atoms with E-state index in [1.165, 1.54) is 18.0 Å². The molecule has 1 aromatic carbocycles. The number of carboxylic acid groups (broad SMARTS) is 1. The van der Waals surface area contributed by atoms with E-state index in [-0.39, 0.29) is 12.0 Å². The van der Waals surface area contributed by atoms with E-state index in [4.69, 9.17) is 22.0 Å². The molecule has 0 heterocycles. The molecule has 3 N–H and O–H groups in total. The fourth-order valence-corrected chi connectivity index (χ4v) is 2.27. The average molecular weight is 354 g/mol. The SMILES string of the molecule is CSCCC(NC(=O)/C(C#N)=C\Nc1ccccc1Cl)C(=O)O. The molecule has 6 nitrogen and oxygen atoms in total. The third kappa shape index (κ3) is 6.22. The Labute approximate surface area is 143 Å². The molecule has 1 atom stereocenters. The summed E-state index contributed by atoms with van der Waals surface area (Å²) in [4.78, 5) is 23.1. The molecule has 0 bridgehead atoms. The van der Waals surface area contributed by atoms with Gasteiger partial charge in [0.05, 0.1) is 10.7 Å². The van der Waals surface area contributed by atoms with E-state index >= 15 is 0 Å². The largest absolute Gasteiger partial charge is 0.480 e. The lowest BCUT2D eigenvalue weighted by Gasteiger charge is -2.13. The predicted octanol–water partition coefficient (Wildman–Crippen LogP) is 2.48. The Kier molecular flexibility index (Phi) is 8.02. The monoisotopic (exact) mass is 353 g/mol. The zero-order valence-corrected chi connectivity index (χ0v) is 13.9. The van der Waals surface area contributed by atoms with Crippen LogP contribution >= 0.6 is 23.4 Å². The summed E-state index contributed by atoms with van der Waals surface area (Å²) in [5, 5.41) is 23.7. The van der Waals surface area contributed by atoms with E-state index in [9.17, 15) is 9.59 Å². The van der Waals surface area contributed by atoms with E-state index in [2.05, 4.69) is 10.6 Å². The number of amides is 1. The second-order valence-corrected chi connectivity index (χ2v) is 5.83. The number of thioether (sulfide) groups is 1. The van der Waals surface area contributed by atoms with Gasteiger partial charge in [-0.25, -0.2) is 4.79 Å². The molecule has 0 aliphatic carbocycles. The van der Waals surface area contributed by atoms with Crippen molar-refractivity contribution in [2.24, 2.45) is 0 Å². The summed E-state index contributed by atoms with van der Waals surface area (Å²) in [7, 11) is 0. The van der Waals surface area contributed by atoms with E-state index in [0.717, 1.165) is 0 Å². The second-order valence-electron chi connectivity index (χ2n) is 4.44. The van der Waals surface area contributed by atoms with Crippen molar-refractivity contribution in [1.82, 2.24) is 5.32 Å². The fraction of sp³-hybridized carbons (Fsp3) is 0.267. The number of halogens is 1. The summed E-state index contributed by atoms with van der Waals surface area (Å²) >= 11 is 7.43. The number of anilines is 1. The molecule has 0 aromatic heterocycles. The summed E-state index contributed by atoms with van der Waals surface area (Å²) in [6, 6.07) is 7.54. The Morgan fingerprint density at radius 2 is 2.17 bits per heavy atom. The third-order valence-corrected chi connectivity index (χ3v) is 3.80. The van der Waals surface area contributed by atoms with Gasteiger partial charge in [-0.3, -0.25) is 4.79 Å². The average Bonchev–Trinajstić information content (AvgIpc) is 2.53. The lowest BCUT2D eigenvalue weighted by Crippen LogP contribution is -2.41. The van der Waals surface area contributed by atoms with Crippen LogP contribution in [-0.4, -0.2) is 35.0 Å². The molecule has 8 heteroatoms. The second kappa shape index (κ2) is 9.77. The zero-order chi connectivity index (χ0) is 17.2. The Morgan fingerprint density at radius 1 is 1.48 bits per heavy atom. The van der Waals surface area contributed by atoms with Crippen molar-refractivity contribution in [1.29, 1.82) is 5.26 Å². The Balaban J connectivity index is 2.78. The highest BCUT2D eigenvalue weighted by Gasteiger charge is 2.21. The number of carbonyl (C=O) groups excluding carboxylic acids is 1. The van der Waals surface area contributed by atoms with E-state index < -0.39 is 17.9 Å². The normalized spacial score (nSPS) is 12.1. The molecule has 0 saturated carbocycles. The quantitative estimate of drug-likeness (QED) is 0.490. The molecule has 0 fully saturated rings. The number of hydrogen-bond donors (Lipinski definition) is 3. The minimum Gasteiger partial charge on any atom is -0.480 e. The van der Waals surface area contributed by atoms with Gasteiger partial charge in [-0.15, -0.1) is 0 Å². The molecule has 0 radical (unpaired) electrons. The maximum atomic E-state index is 12.0. The van der Waals surface area contributed by atoms with Crippen LogP contribution in [0, 0.1) is 11.3 Å². The van der Waals surface area contributed by atoms with Crippen LogP contribution in [0.1, 0.15) is 6.42 Å². The summed E-state index contributed by atoms with van der Waals surface area (Å²) in [5.74, 6) is -1.30. The number of para-hydroxylation sites is 1. The van der Waals surface area contributed by atoms with Crippen LogP contribution in [0.2, 0.25) is 5.02 Å². The van der Waals surface area contributed by atoms with Crippen molar-refractivity contribution >= 4 is 40.9 Å². The van der Waals surface area contributed by atoms with Gasteiger partial charge in [0, 0.05) is 6.20 Å². The maximum absolute atomic E-state index is 12.0. The molecular formula is C15H16ClN3O3S. The first-order chi connectivity index (χ1) is 11.0. The van der Waals surface area contributed by atoms with Crippen molar-refractivity contribution in [3.05, 3.63) is 41.1 Å². The highest BCUT2D eigenvalue weighted by molar-refractivity contribution is 7.98. The number of aliphatic carboxylic acids is 1. The van der Waals surface area contributed by atoms with Gasteiger partial charge in [-0.05, 0) is 30.6 Å². The first kappa shape index (κ1) is 18.9. The number of carboxylic acids is 1. The minimum absolute atomic E-state index is 0.236. The molecule has 0 spiro atoms. The number of nitriles is 1. The Bertz CT molecular complexity index is 643. The Hall–Kier alpha value is -2.17. The van der Waals surface area contributed by atoms with Gasteiger partial charge in [0.2, 0.25) is 0 Å². The van der Waals surface area contributed by atoms with Crippen molar-refractivity contribution in [2.45, 2.75) is 12.5 Å². The van der Waals surface area contributed by atoms with E-state index in [0.29, 0.717) is 16.5 Å². The maximum Gasteiger partial charge on any atom is 0.326 e. The van der Waals surface area contributed by atoms with Crippen molar-refractivity contribution < 1.29 is 14.7 Å². The van der Waals surface area contributed by atoms with Crippen molar-refractivity contribution in [3.8, 4) is 6.07 Å². The van der Waals surface area contributed by atoms with Gasteiger partial charge in [0.25, 0.3) is 5.91 Å². The van der Waals surface area contributed by atoms with Crippen LogP contribution in [0.3, 0.4) is 0 Å². The van der Waals surface area contributed by atoms with Gasteiger partial charge in [0.1, 0.15) is 17.7 Å². The van der Waals surface area contributed by atoms with Gasteiger partial charge < -0.3 is 15.7 Å². The summed E-state index contributed by atoms with van der Waals surface area (Å²) in [5.41, 5.74) is 0.298. The van der Waals surface area contributed by atoms with E-state index in [1.54, 1.807) is 30.3 Å². The molecule has 0 aliphatic heterocycles. The lowest BCUT2D eigenvalue weighted by atomic mass is 10.2. The van der Waals surface area contributed by atoms with Crippen LogP contribution in [0.25, 0.3) is 0 Å². The molecule has 0 saturated heterocycles. The van der Waals surface area contributed by atoms with Crippen LogP contribution in [-0.2, 0) is 9.59 Å². The molecule has 1 aromatic rings. The lowest BCUT2D eigenvalue weighted by molar-refractivity contribution is -0.141. The number of benzene rings is 1. The van der Waals surface area contributed by atoms with E-state index in [1.807, 2.05) is 6.26 Å². The van der Waals surface area contributed by atoms with Crippen molar-refractivity contribution in [3.63, 3.8) is 0 Å². The highest BCUT2D eigenvalue weighted by atomic mass is 35.5. The van der Waals surface area contributed by atoms with Crippen LogP contribution < -0.4 is 10.6 Å². The molecule has 23 heavy (non-hydrogen) atoms. The Morgan fingerprint density at radius 3 is 2.74 bits per heavy atom. The van der Waals surface area contributed by atoms with Gasteiger partial charge in [-0.1, -0.05) is 23.7 Å². The summed E-state index contributed by atoms with van der Waals surface area (Å²) in [6.45, 7) is 0. The fourth-order valence-electron chi connectivity index (χ4n) is 1.61. The molecule has 1 unspecified atom stereocenters. The first-order valence-corrected chi connectivity index (χ1v) is 8.40. The van der Waals surface area contributed by atoms with Gasteiger partial charge >= 0.3 is 5.97 Å². The predicted molar refractivity (Wildman–Crippen MR) is 91.3 cm³/mol. The van der Waals surface area contributed by atoms with Crippen LogP contribution in [0.15, 0.2) is 36.0 Å². The van der Waals surface area contributed by atoms with Gasteiger partial charge in [-0.2, -0.15) is 17.0 Å². The minimum atomic E-state index is -1.14. The molecule has 1 amide bonds. The number of nitrogens with one attached hydrogen (secondary N) is 2. The van der Waals surface area contributed by atoms with Crippen LogP contribution in [0.4, 0.5) is 5.69 Å². The van der Waals surface area contributed by atoms with Gasteiger partial charge in [0.15, 0.2) is 0 Å². The molecular weight excluding hydrogens is 338 g/mol. The number of nitrogens with zero attached hydrogens (tertiary/aromatic N) is 1. The number of hydrogen-bond acceptors (Lipinski definition) is 5. The smallest absolute Gasteiger partial charge is 0.326 e. The first-order valence-electron chi connectivity index (χ1n) is 6.63. The molecule has 1 rings (SSSR count). The molecule has 122 valence electrons. The summed E-state index contributed by atoms with van der Waals surface area (Å²) < 4.78 is 0. The number of rotatable bonds is 8.